The summed E-state index contributed by atoms with van der Waals surface area (Å²) in [6.45, 7) is 2.82. The molecule has 0 heterocycles. The van der Waals surface area contributed by atoms with Crippen LogP contribution in [0.15, 0.2) is 24.3 Å². The molecule has 1 N–H and O–H groups in total. The van der Waals surface area contributed by atoms with E-state index in [2.05, 4.69) is 11.4 Å². The van der Waals surface area contributed by atoms with Crippen molar-refractivity contribution in [2.45, 2.75) is 31.9 Å². The smallest absolute Gasteiger partial charge is 0.0992 e. The van der Waals surface area contributed by atoms with Gasteiger partial charge >= 0.3 is 0 Å². The third-order valence-corrected chi connectivity index (χ3v) is 2.86. The lowest BCUT2D eigenvalue weighted by molar-refractivity contribution is 0.00299. The summed E-state index contributed by atoms with van der Waals surface area (Å²) in [4.78, 5) is 0. The molecule has 0 spiro atoms. The van der Waals surface area contributed by atoms with Crippen molar-refractivity contribution in [3.05, 3.63) is 29.8 Å². The van der Waals surface area contributed by atoms with Crippen molar-refractivity contribution in [2.24, 2.45) is 0 Å². The molecule has 0 aliphatic heterocycles. The van der Waals surface area contributed by atoms with Gasteiger partial charge in [0.1, 0.15) is 0 Å². The number of rotatable bonds is 4. The second-order valence-electron chi connectivity index (χ2n) is 4.08. The molecule has 1 aromatic rings. The minimum Gasteiger partial charge on any atom is -0.382 e. The monoisotopic (exact) mass is 216 g/mol. The summed E-state index contributed by atoms with van der Waals surface area (Å²) in [7, 11) is 0. The predicted molar refractivity (Wildman–Crippen MR) is 63.2 cm³/mol. The number of hydrogen-bond donors (Lipinski definition) is 1. The summed E-state index contributed by atoms with van der Waals surface area (Å²) < 4.78 is 5.50. The van der Waals surface area contributed by atoms with E-state index in [-0.39, 0.29) is 0 Å². The highest BCUT2D eigenvalue weighted by molar-refractivity contribution is 5.50. The Morgan fingerprint density at radius 3 is 3.00 bits per heavy atom. The van der Waals surface area contributed by atoms with Gasteiger partial charge < -0.3 is 10.1 Å². The van der Waals surface area contributed by atoms with Crippen molar-refractivity contribution >= 4 is 5.69 Å². The van der Waals surface area contributed by atoms with Gasteiger partial charge in [0.05, 0.1) is 17.7 Å². The number of anilines is 1. The highest BCUT2D eigenvalue weighted by atomic mass is 16.5. The fourth-order valence-corrected chi connectivity index (χ4v) is 1.97. The number of nitriles is 1. The summed E-state index contributed by atoms with van der Waals surface area (Å²) in [6, 6.07) is 10.2. The second-order valence-corrected chi connectivity index (χ2v) is 4.08. The standard InChI is InChI=1S/C13H16N2O/c1-2-16-13-7-12(8-13)15-11-5-3-4-10(6-11)9-14/h3-6,12-13,15H,2,7-8H2,1H3. The van der Waals surface area contributed by atoms with Crippen LogP contribution in [0.1, 0.15) is 25.3 Å². The number of ether oxygens (including phenoxy) is 1. The van der Waals surface area contributed by atoms with E-state index in [1.807, 2.05) is 31.2 Å². The highest BCUT2D eigenvalue weighted by Gasteiger charge is 2.29. The molecule has 3 heteroatoms. The zero-order valence-corrected chi connectivity index (χ0v) is 9.44. The second kappa shape index (κ2) is 5.00. The minimum absolute atomic E-state index is 0.418. The Kier molecular flexibility index (Phi) is 3.43. The molecule has 0 radical (unpaired) electrons. The molecule has 0 aromatic heterocycles. The first-order chi connectivity index (χ1) is 7.81. The SMILES string of the molecule is CCOC1CC(Nc2cccc(C#N)c2)C1. The van der Waals surface area contributed by atoms with Gasteiger partial charge in [-0.25, -0.2) is 0 Å². The molecule has 1 aliphatic rings. The van der Waals surface area contributed by atoms with Gasteiger partial charge in [0, 0.05) is 18.3 Å². The Morgan fingerprint density at radius 1 is 1.50 bits per heavy atom. The van der Waals surface area contributed by atoms with Crippen molar-refractivity contribution in [3.63, 3.8) is 0 Å². The fourth-order valence-electron chi connectivity index (χ4n) is 1.97. The number of nitrogens with one attached hydrogen (secondary N) is 1. The van der Waals surface area contributed by atoms with Crippen molar-refractivity contribution in [1.82, 2.24) is 0 Å². The van der Waals surface area contributed by atoms with Gasteiger partial charge in [0.25, 0.3) is 0 Å². The Morgan fingerprint density at radius 2 is 2.31 bits per heavy atom. The quantitative estimate of drug-likeness (QED) is 0.841. The van der Waals surface area contributed by atoms with Gasteiger partial charge in [-0.2, -0.15) is 5.26 Å². The molecule has 0 unspecified atom stereocenters. The van der Waals surface area contributed by atoms with E-state index in [1.54, 1.807) is 0 Å². The van der Waals surface area contributed by atoms with Crippen molar-refractivity contribution in [2.75, 3.05) is 11.9 Å². The first-order valence-electron chi connectivity index (χ1n) is 5.70. The summed E-state index contributed by atoms with van der Waals surface area (Å²) in [5.41, 5.74) is 1.73. The van der Waals surface area contributed by atoms with Gasteiger partial charge in [-0.3, -0.25) is 0 Å². The molecule has 1 fully saturated rings. The average Bonchev–Trinajstić information content (AvgIpc) is 2.27. The molecule has 1 aromatic carbocycles. The predicted octanol–water partition coefficient (Wildman–Crippen LogP) is 2.54. The lowest BCUT2D eigenvalue weighted by Crippen LogP contribution is -2.40. The Hall–Kier alpha value is -1.53. The van der Waals surface area contributed by atoms with Crippen LogP contribution in [-0.4, -0.2) is 18.8 Å². The minimum atomic E-state index is 0.418. The average molecular weight is 216 g/mol. The first-order valence-corrected chi connectivity index (χ1v) is 5.70. The Balaban J connectivity index is 1.85. The van der Waals surface area contributed by atoms with E-state index in [0.717, 1.165) is 25.1 Å². The van der Waals surface area contributed by atoms with Gasteiger partial charge in [0.2, 0.25) is 0 Å². The van der Waals surface area contributed by atoms with E-state index in [1.165, 1.54) is 0 Å². The largest absolute Gasteiger partial charge is 0.382 e. The molecular formula is C13H16N2O. The normalized spacial score (nSPS) is 23.2. The van der Waals surface area contributed by atoms with E-state index < -0.39 is 0 Å². The molecule has 2 rings (SSSR count). The number of nitrogens with zero attached hydrogens (tertiary/aromatic N) is 1. The van der Waals surface area contributed by atoms with Crippen LogP contribution in [0.3, 0.4) is 0 Å². The molecule has 1 saturated carbocycles. The fraction of sp³-hybridized carbons (Fsp3) is 0.462. The van der Waals surface area contributed by atoms with Crippen LogP contribution in [0.2, 0.25) is 0 Å². The van der Waals surface area contributed by atoms with Crippen molar-refractivity contribution in [1.29, 1.82) is 5.26 Å². The van der Waals surface area contributed by atoms with E-state index in [4.69, 9.17) is 10.00 Å². The molecular weight excluding hydrogens is 200 g/mol. The molecule has 0 amide bonds. The Bertz CT molecular complexity index is 391. The van der Waals surface area contributed by atoms with E-state index in [0.29, 0.717) is 17.7 Å². The zero-order chi connectivity index (χ0) is 11.4. The maximum absolute atomic E-state index is 8.78. The van der Waals surface area contributed by atoms with Gasteiger partial charge in [-0.15, -0.1) is 0 Å². The summed E-state index contributed by atoms with van der Waals surface area (Å²) in [6.07, 6.45) is 2.54. The van der Waals surface area contributed by atoms with Crippen LogP contribution in [-0.2, 0) is 4.74 Å². The Labute approximate surface area is 96.0 Å². The van der Waals surface area contributed by atoms with Gasteiger partial charge in [-0.05, 0) is 38.0 Å². The van der Waals surface area contributed by atoms with Crippen LogP contribution in [0.25, 0.3) is 0 Å². The van der Waals surface area contributed by atoms with Crippen molar-refractivity contribution < 1.29 is 4.74 Å². The van der Waals surface area contributed by atoms with E-state index >= 15 is 0 Å². The molecule has 0 atom stereocenters. The molecule has 0 bridgehead atoms. The molecule has 16 heavy (non-hydrogen) atoms. The van der Waals surface area contributed by atoms with Crippen LogP contribution in [0.5, 0.6) is 0 Å². The third kappa shape index (κ3) is 2.53. The highest BCUT2D eigenvalue weighted by Crippen LogP contribution is 2.26. The topological polar surface area (TPSA) is 45.0 Å². The lowest BCUT2D eigenvalue weighted by atomic mass is 9.89. The molecule has 0 saturated heterocycles. The summed E-state index contributed by atoms with van der Waals surface area (Å²) >= 11 is 0. The van der Waals surface area contributed by atoms with Gasteiger partial charge in [0.15, 0.2) is 0 Å². The van der Waals surface area contributed by atoms with Crippen LogP contribution < -0.4 is 5.32 Å². The van der Waals surface area contributed by atoms with E-state index in [9.17, 15) is 0 Å². The van der Waals surface area contributed by atoms with Crippen molar-refractivity contribution in [3.8, 4) is 6.07 Å². The van der Waals surface area contributed by atoms with Crippen LogP contribution in [0, 0.1) is 11.3 Å². The molecule has 1 aliphatic carbocycles. The maximum atomic E-state index is 8.78. The number of hydrogen-bond acceptors (Lipinski definition) is 3. The summed E-state index contributed by atoms with van der Waals surface area (Å²) in [5.74, 6) is 0. The maximum Gasteiger partial charge on any atom is 0.0992 e. The molecule has 3 nitrogen and oxygen atoms in total. The molecule has 84 valence electrons. The summed E-state index contributed by atoms with van der Waals surface area (Å²) in [5, 5.41) is 12.2. The van der Waals surface area contributed by atoms with Crippen LogP contribution in [0.4, 0.5) is 5.69 Å². The zero-order valence-electron chi connectivity index (χ0n) is 9.44. The first kappa shape index (κ1) is 11.0. The van der Waals surface area contributed by atoms with Gasteiger partial charge in [-0.1, -0.05) is 6.07 Å². The number of benzene rings is 1. The van der Waals surface area contributed by atoms with Crippen LogP contribution >= 0.6 is 0 Å². The lowest BCUT2D eigenvalue weighted by Gasteiger charge is -2.36. The third-order valence-electron chi connectivity index (χ3n) is 2.86.